The number of aromatic nitrogens is 1. The van der Waals surface area contributed by atoms with Crippen molar-refractivity contribution in [1.29, 1.82) is 0 Å². The molecule has 1 heterocycles. The van der Waals surface area contributed by atoms with E-state index in [0.29, 0.717) is 9.92 Å². The van der Waals surface area contributed by atoms with E-state index in [0.717, 1.165) is 23.5 Å². The smallest absolute Gasteiger partial charge is 0.280 e. The van der Waals surface area contributed by atoms with Crippen LogP contribution in [-0.2, 0) is 11.2 Å². The lowest BCUT2D eigenvalue weighted by Gasteiger charge is -2.09. The van der Waals surface area contributed by atoms with E-state index >= 15 is 0 Å². The normalized spacial score (nSPS) is 12.0. The van der Waals surface area contributed by atoms with Gasteiger partial charge in [0, 0.05) is 28.0 Å². The van der Waals surface area contributed by atoms with Crippen molar-refractivity contribution in [1.82, 2.24) is 4.98 Å². The summed E-state index contributed by atoms with van der Waals surface area (Å²) in [5, 5.41) is 2.91. The molecule has 2 aromatic carbocycles. The summed E-state index contributed by atoms with van der Waals surface area (Å²) < 4.78 is 39.1. The fraction of sp³-hybridized carbons (Fsp3) is 0. The van der Waals surface area contributed by atoms with Crippen molar-refractivity contribution in [3.8, 4) is 0 Å². The second kappa shape index (κ2) is 7.49. The van der Waals surface area contributed by atoms with Gasteiger partial charge in [-0.15, -0.1) is 0 Å². The molecule has 0 aliphatic heterocycles. The molecule has 0 saturated carbocycles. The van der Waals surface area contributed by atoms with Crippen molar-refractivity contribution in [2.75, 3.05) is 5.32 Å². The topological polar surface area (TPSA) is 65.0 Å². The first-order valence-electron chi connectivity index (χ1n) is 6.83. The molecule has 0 radical (unpaired) electrons. The van der Waals surface area contributed by atoms with Crippen LogP contribution < -0.4 is 5.32 Å². The minimum Gasteiger partial charge on any atom is -0.606 e. The average Bonchev–Trinajstić information content (AvgIpc) is 3.08. The van der Waals surface area contributed by atoms with Crippen LogP contribution in [0.1, 0.15) is 10.5 Å². The summed E-state index contributed by atoms with van der Waals surface area (Å²) in [7, 11) is 0. The van der Waals surface area contributed by atoms with Crippen molar-refractivity contribution in [2.45, 2.75) is 9.10 Å². The molecule has 1 N–H and O–H groups in total. The van der Waals surface area contributed by atoms with Crippen molar-refractivity contribution in [3.63, 3.8) is 0 Å². The van der Waals surface area contributed by atoms with Gasteiger partial charge in [0.15, 0.2) is 22.2 Å². The highest BCUT2D eigenvalue weighted by Crippen LogP contribution is 2.28. The van der Waals surface area contributed by atoms with Crippen LogP contribution in [0.2, 0.25) is 5.02 Å². The van der Waals surface area contributed by atoms with Crippen LogP contribution >= 0.6 is 22.9 Å². The van der Waals surface area contributed by atoms with Crippen LogP contribution in [0.3, 0.4) is 0 Å². The number of anilines is 1. The number of nitrogens with zero attached hydrogens (tertiary/aromatic N) is 1. The summed E-state index contributed by atoms with van der Waals surface area (Å²) in [6.07, 6.45) is 0. The Morgan fingerprint density at radius 1 is 1.16 bits per heavy atom. The molecule has 3 aromatic rings. The van der Waals surface area contributed by atoms with Crippen LogP contribution in [0.5, 0.6) is 0 Å². The number of rotatable bonds is 4. The quantitative estimate of drug-likeness (QED) is 0.658. The Morgan fingerprint density at radius 2 is 1.88 bits per heavy atom. The number of thiazole rings is 1. The monoisotopic (exact) mass is 398 g/mol. The maximum absolute atomic E-state index is 13.2. The second-order valence-electron chi connectivity index (χ2n) is 4.79. The first kappa shape index (κ1) is 17.8. The van der Waals surface area contributed by atoms with Gasteiger partial charge in [0.1, 0.15) is 0 Å². The third kappa shape index (κ3) is 3.98. The number of hydrogen-bond acceptors (Lipinski definition) is 4. The summed E-state index contributed by atoms with van der Waals surface area (Å²) in [6, 6.07) is 9.35. The molecule has 0 bridgehead atoms. The summed E-state index contributed by atoms with van der Waals surface area (Å²) in [4.78, 5) is 16.7. The van der Waals surface area contributed by atoms with Crippen molar-refractivity contribution in [2.24, 2.45) is 0 Å². The molecule has 9 heteroatoms. The van der Waals surface area contributed by atoms with E-state index in [2.05, 4.69) is 10.3 Å². The number of halogens is 3. The maximum atomic E-state index is 13.2. The fourth-order valence-corrected chi connectivity index (χ4v) is 4.27. The van der Waals surface area contributed by atoms with Crippen molar-refractivity contribution in [3.05, 3.63) is 70.3 Å². The summed E-state index contributed by atoms with van der Waals surface area (Å²) in [5.74, 6) is -2.76. The van der Waals surface area contributed by atoms with E-state index in [-0.39, 0.29) is 15.6 Å². The number of carbonyl (C=O) groups excluding carboxylic acids is 1. The zero-order valence-electron chi connectivity index (χ0n) is 12.3. The number of carbonyl (C=O) groups is 1. The SMILES string of the molecule is O=C(Nc1ccc(F)c(F)c1)c1ncsc1[S+]([O-])c1ccc(Cl)cc1. The second-order valence-corrected chi connectivity index (χ2v) is 7.76. The van der Waals surface area contributed by atoms with Crippen LogP contribution in [0.15, 0.2) is 57.1 Å². The number of benzene rings is 2. The van der Waals surface area contributed by atoms with Gasteiger partial charge >= 0.3 is 0 Å². The number of hydrogen-bond donors (Lipinski definition) is 1. The van der Waals surface area contributed by atoms with Crippen LogP contribution in [0.4, 0.5) is 14.5 Å². The van der Waals surface area contributed by atoms with E-state index in [1.54, 1.807) is 24.3 Å². The predicted molar refractivity (Wildman–Crippen MR) is 92.6 cm³/mol. The molecule has 25 heavy (non-hydrogen) atoms. The lowest BCUT2D eigenvalue weighted by molar-refractivity contribution is 0.102. The first-order valence-corrected chi connectivity index (χ1v) is 9.23. The van der Waals surface area contributed by atoms with Gasteiger partial charge in [-0.3, -0.25) is 4.79 Å². The van der Waals surface area contributed by atoms with Crippen LogP contribution in [-0.4, -0.2) is 15.4 Å². The van der Waals surface area contributed by atoms with E-state index in [4.69, 9.17) is 11.6 Å². The van der Waals surface area contributed by atoms with Gasteiger partial charge in [-0.1, -0.05) is 22.9 Å². The summed E-state index contributed by atoms with van der Waals surface area (Å²) >= 11 is 5.25. The van der Waals surface area contributed by atoms with E-state index in [1.165, 1.54) is 11.6 Å². The Hall–Kier alpha value is -2.00. The molecular formula is C16H9ClF2N2O2S2. The summed E-state index contributed by atoms with van der Waals surface area (Å²) in [6.45, 7) is 0. The molecule has 0 spiro atoms. The van der Waals surface area contributed by atoms with Gasteiger partial charge in [-0.2, -0.15) is 0 Å². The van der Waals surface area contributed by atoms with E-state index in [1.807, 2.05) is 0 Å². The molecular weight excluding hydrogens is 390 g/mol. The molecule has 1 atom stereocenters. The van der Waals surface area contributed by atoms with Gasteiger partial charge in [0.2, 0.25) is 4.21 Å². The van der Waals surface area contributed by atoms with Crippen molar-refractivity contribution < 1.29 is 18.1 Å². The molecule has 1 unspecified atom stereocenters. The number of amides is 1. The Morgan fingerprint density at radius 3 is 2.56 bits per heavy atom. The lowest BCUT2D eigenvalue weighted by Crippen LogP contribution is -2.16. The Balaban J connectivity index is 1.83. The minimum atomic E-state index is -1.62. The highest BCUT2D eigenvalue weighted by molar-refractivity contribution is 7.93. The Bertz CT molecular complexity index is 919. The average molecular weight is 399 g/mol. The molecule has 4 nitrogen and oxygen atoms in total. The highest BCUT2D eigenvalue weighted by atomic mass is 35.5. The van der Waals surface area contributed by atoms with Gasteiger partial charge in [0.25, 0.3) is 5.91 Å². The molecule has 1 amide bonds. The highest BCUT2D eigenvalue weighted by Gasteiger charge is 2.27. The third-order valence-electron chi connectivity index (χ3n) is 3.12. The number of nitrogens with one attached hydrogen (secondary N) is 1. The first-order chi connectivity index (χ1) is 12.0. The zero-order chi connectivity index (χ0) is 18.0. The predicted octanol–water partition coefficient (Wildman–Crippen LogP) is 4.49. The Labute approximate surface area is 153 Å². The third-order valence-corrected chi connectivity index (χ3v) is 5.97. The fourth-order valence-electron chi connectivity index (χ4n) is 1.95. The van der Waals surface area contributed by atoms with Gasteiger partial charge in [-0.05, 0) is 36.4 Å². The van der Waals surface area contributed by atoms with Gasteiger partial charge in [-0.25, -0.2) is 13.8 Å². The minimum absolute atomic E-state index is 0.0389. The zero-order valence-corrected chi connectivity index (χ0v) is 14.7. The van der Waals surface area contributed by atoms with E-state index < -0.39 is 28.7 Å². The summed E-state index contributed by atoms with van der Waals surface area (Å²) in [5.41, 5.74) is 1.42. The Kier molecular flexibility index (Phi) is 5.33. The molecule has 1 aromatic heterocycles. The van der Waals surface area contributed by atoms with Crippen LogP contribution in [0, 0.1) is 11.6 Å². The molecule has 0 aliphatic carbocycles. The van der Waals surface area contributed by atoms with E-state index in [9.17, 15) is 18.1 Å². The standard InChI is InChI=1S/C16H9ClF2N2O2S2/c17-9-1-4-11(5-2-9)25(23)16-14(20-8-24-16)15(22)21-10-3-6-12(18)13(19)7-10/h1-8H,(H,21,22). The van der Waals surface area contributed by atoms with Crippen molar-refractivity contribution >= 4 is 45.7 Å². The molecule has 128 valence electrons. The largest absolute Gasteiger partial charge is 0.606 e. The van der Waals surface area contributed by atoms with Gasteiger partial charge < -0.3 is 9.87 Å². The molecule has 0 saturated heterocycles. The van der Waals surface area contributed by atoms with Crippen LogP contribution in [0.25, 0.3) is 0 Å². The molecule has 0 fully saturated rings. The van der Waals surface area contributed by atoms with Gasteiger partial charge in [0.05, 0.1) is 5.51 Å². The molecule has 0 aliphatic rings. The maximum Gasteiger partial charge on any atom is 0.280 e. The molecule has 3 rings (SSSR count). The lowest BCUT2D eigenvalue weighted by atomic mass is 10.3.